The Morgan fingerprint density at radius 1 is 1.42 bits per heavy atom. The van der Waals surface area contributed by atoms with Gasteiger partial charge < -0.3 is 10.1 Å². The molecule has 0 amide bonds. The zero-order valence-electron chi connectivity index (χ0n) is 10.9. The summed E-state index contributed by atoms with van der Waals surface area (Å²) in [6, 6.07) is 5.82. The number of thiazole rings is 1. The van der Waals surface area contributed by atoms with Gasteiger partial charge in [-0.05, 0) is 36.5 Å². The number of benzene rings is 1. The van der Waals surface area contributed by atoms with E-state index in [0.717, 1.165) is 53.0 Å². The molecule has 1 aromatic carbocycles. The third kappa shape index (κ3) is 3.02. The van der Waals surface area contributed by atoms with Gasteiger partial charge in [-0.15, -0.1) is 0 Å². The number of hydrogen-bond acceptors (Lipinski definition) is 4. The molecule has 1 fully saturated rings. The van der Waals surface area contributed by atoms with E-state index in [4.69, 9.17) is 16.3 Å². The zero-order valence-corrected chi connectivity index (χ0v) is 12.5. The number of ether oxygens (including phenoxy) is 1. The van der Waals surface area contributed by atoms with Crippen LogP contribution < -0.4 is 5.32 Å². The maximum absolute atomic E-state index is 5.99. The predicted molar refractivity (Wildman–Crippen MR) is 81.3 cm³/mol. The Morgan fingerprint density at radius 2 is 2.21 bits per heavy atom. The summed E-state index contributed by atoms with van der Waals surface area (Å²) in [5.74, 6) is 0. The smallest absolute Gasteiger partial charge is 0.183 e. The van der Waals surface area contributed by atoms with Crippen LogP contribution in [0.4, 0.5) is 5.13 Å². The first-order valence-electron chi connectivity index (χ1n) is 6.52. The maximum Gasteiger partial charge on any atom is 0.183 e. The van der Waals surface area contributed by atoms with Crippen molar-refractivity contribution in [1.82, 2.24) is 4.98 Å². The minimum absolute atomic E-state index is 0.313. The second-order valence-corrected chi connectivity index (χ2v) is 6.87. The zero-order chi connectivity index (χ0) is 13.3. The summed E-state index contributed by atoms with van der Waals surface area (Å²) in [6.45, 7) is 5.00. The van der Waals surface area contributed by atoms with E-state index in [1.165, 1.54) is 0 Å². The van der Waals surface area contributed by atoms with Crippen molar-refractivity contribution in [3.8, 4) is 0 Å². The molecule has 2 heterocycles. The highest BCUT2D eigenvalue weighted by atomic mass is 35.5. The Balaban J connectivity index is 1.71. The normalized spacial score (nSPS) is 18.6. The van der Waals surface area contributed by atoms with E-state index in [1.807, 2.05) is 18.2 Å². The molecular weight excluding hydrogens is 280 g/mol. The van der Waals surface area contributed by atoms with Crippen LogP contribution in [-0.4, -0.2) is 24.7 Å². The molecule has 1 saturated heterocycles. The van der Waals surface area contributed by atoms with Gasteiger partial charge in [-0.3, -0.25) is 0 Å². The molecule has 1 aliphatic heterocycles. The van der Waals surface area contributed by atoms with Gasteiger partial charge in [-0.2, -0.15) is 0 Å². The fourth-order valence-electron chi connectivity index (χ4n) is 2.30. The lowest BCUT2D eigenvalue weighted by Crippen LogP contribution is -2.33. The van der Waals surface area contributed by atoms with Crippen molar-refractivity contribution in [2.75, 3.05) is 25.1 Å². The van der Waals surface area contributed by atoms with E-state index >= 15 is 0 Å². The number of rotatable bonds is 3. The quantitative estimate of drug-likeness (QED) is 0.922. The molecule has 0 radical (unpaired) electrons. The van der Waals surface area contributed by atoms with Gasteiger partial charge in [0.2, 0.25) is 0 Å². The number of nitrogens with one attached hydrogen (secondary N) is 1. The van der Waals surface area contributed by atoms with E-state index in [0.29, 0.717) is 5.41 Å². The van der Waals surface area contributed by atoms with Crippen LogP contribution in [0.1, 0.15) is 19.8 Å². The van der Waals surface area contributed by atoms with Crippen molar-refractivity contribution >= 4 is 38.3 Å². The van der Waals surface area contributed by atoms with Crippen molar-refractivity contribution in [2.45, 2.75) is 19.8 Å². The summed E-state index contributed by atoms with van der Waals surface area (Å²) in [7, 11) is 0. The highest BCUT2D eigenvalue weighted by Crippen LogP contribution is 2.32. The fraction of sp³-hybridized carbons (Fsp3) is 0.500. The first-order valence-corrected chi connectivity index (χ1v) is 7.72. The molecule has 1 aromatic heterocycles. The Morgan fingerprint density at radius 3 is 3.00 bits per heavy atom. The van der Waals surface area contributed by atoms with Crippen LogP contribution in [0.25, 0.3) is 10.2 Å². The topological polar surface area (TPSA) is 34.2 Å². The van der Waals surface area contributed by atoms with Gasteiger partial charge in [-0.1, -0.05) is 29.9 Å². The van der Waals surface area contributed by atoms with Crippen molar-refractivity contribution in [2.24, 2.45) is 5.41 Å². The summed E-state index contributed by atoms with van der Waals surface area (Å²) >= 11 is 7.65. The Bertz CT molecular complexity index is 578. The highest BCUT2D eigenvalue weighted by Gasteiger charge is 2.27. The van der Waals surface area contributed by atoms with Crippen molar-refractivity contribution < 1.29 is 4.74 Å². The predicted octanol–water partition coefficient (Wildman–Crippen LogP) is 4.18. The molecule has 3 nitrogen and oxygen atoms in total. The van der Waals surface area contributed by atoms with Crippen molar-refractivity contribution in [3.63, 3.8) is 0 Å². The van der Waals surface area contributed by atoms with E-state index in [1.54, 1.807) is 11.3 Å². The van der Waals surface area contributed by atoms with Gasteiger partial charge in [0, 0.05) is 24.8 Å². The van der Waals surface area contributed by atoms with Crippen LogP contribution in [0.2, 0.25) is 5.02 Å². The second kappa shape index (κ2) is 5.27. The highest BCUT2D eigenvalue weighted by molar-refractivity contribution is 7.22. The van der Waals surface area contributed by atoms with Crippen LogP contribution in [0.3, 0.4) is 0 Å². The lowest BCUT2D eigenvalue weighted by Gasteiger charge is -2.33. The SMILES string of the molecule is CC1(CNc2nc3ccc(Cl)cc3s2)CCOCC1. The van der Waals surface area contributed by atoms with Crippen LogP contribution in [-0.2, 0) is 4.74 Å². The number of nitrogens with zero attached hydrogens (tertiary/aromatic N) is 1. The number of aromatic nitrogens is 1. The van der Waals surface area contributed by atoms with Crippen LogP contribution in [0.5, 0.6) is 0 Å². The van der Waals surface area contributed by atoms with E-state index < -0.39 is 0 Å². The summed E-state index contributed by atoms with van der Waals surface area (Å²) in [5.41, 5.74) is 1.32. The standard InChI is InChI=1S/C14H17ClN2OS/c1-14(4-6-18-7-5-14)9-16-13-17-11-3-2-10(15)8-12(11)19-13/h2-3,8H,4-7,9H2,1H3,(H,16,17). The molecule has 3 rings (SSSR count). The van der Waals surface area contributed by atoms with Gasteiger partial charge in [0.1, 0.15) is 0 Å². The fourth-order valence-corrected chi connectivity index (χ4v) is 3.44. The molecular formula is C14H17ClN2OS. The van der Waals surface area contributed by atoms with Crippen LogP contribution in [0, 0.1) is 5.41 Å². The maximum atomic E-state index is 5.99. The van der Waals surface area contributed by atoms with E-state index in [2.05, 4.69) is 17.2 Å². The molecule has 0 unspecified atom stereocenters. The number of anilines is 1. The Kier molecular flexibility index (Phi) is 3.65. The largest absolute Gasteiger partial charge is 0.381 e. The minimum atomic E-state index is 0.313. The second-order valence-electron chi connectivity index (χ2n) is 5.41. The molecule has 102 valence electrons. The molecule has 0 saturated carbocycles. The third-order valence-electron chi connectivity index (χ3n) is 3.72. The van der Waals surface area contributed by atoms with Gasteiger partial charge in [0.05, 0.1) is 10.2 Å². The summed E-state index contributed by atoms with van der Waals surface area (Å²) in [4.78, 5) is 4.59. The van der Waals surface area contributed by atoms with Crippen molar-refractivity contribution in [3.05, 3.63) is 23.2 Å². The molecule has 2 aromatic rings. The van der Waals surface area contributed by atoms with Gasteiger partial charge in [-0.25, -0.2) is 4.98 Å². The van der Waals surface area contributed by atoms with Crippen LogP contribution >= 0.6 is 22.9 Å². The van der Waals surface area contributed by atoms with Gasteiger partial charge in [0.25, 0.3) is 0 Å². The van der Waals surface area contributed by atoms with Gasteiger partial charge in [0.15, 0.2) is 5.13 Å². The first kappa shape index (κ1) is 13.2. The summed E-state index contributed by atoms with van der Waals surface area (Å²) in [6.07, 6.45) is 2.22. The molecule has 1 aliphatic rings. The average Bonchev–Trinajstić information content (AvgIpc) is 2.79. The minimum Gasteiger partial charge on any atom is -0.381 e. The number of fused-ring (bicyclic) bond motifs is 1. The molecule has 0 spiro atoms. The Hall–Kier alpha value is -0.840. The lowest BCUT2D eigenvalue weighted by molar-refractivity contribution is 0.0300. The number of hydrogen-bond donors (Lipinski definition) is 1. The van der Waals surface area contributed by atoms with E-state index in [-0.39, 0.29) is 0 Å². The monoisotopic (exact) mass is 296 g/mol. The summed E-state index contributed by atoms with van der Waals surface area (Å²) < 4.78 is 6.55. The Labute approximate surface area is 121 Å². The van der Waals surface area contributed by atoms with Crippen LogP contribution in [0.15, 0.2) is 18.2 Å². The summed E-state index contributed by atoms with van der Waals surface area (Å²) in [5, 5.41) is 5.21. The first-order chi connectivity index (χ1) is 9.15. The number of halogens is 1. The molecule has 19 heavy (non-hydrogen) atoms. The average molecular weight is 297 g/mol. The van der Waals surface area contributed by atoms with Gasteiger partial charge >= 0.3 is 0 Å². The molecule has 1 N–H and O–H groups in total. The third-order valence-corrected chi connectivity index (χ3v) is 4.93. The molecule has 5 heteroatoms. The molecule has 0 atom stereocenters. The van der Waals surface area contributed by atoms with E-state index in [9.17, 15) is 0 Å². The molecule has 0 aliphatic carbocycles. The lowest BCUT2D eigenvalue weighted by atomic mass is 9.82. The molecule has 0 bridgehead atoms. The van der Waals surface area contributed by atoms with Crippen molar-refractivity contribution in [1.29, 1.82) is 0 Å².